The highest BCUT2D eigenvalue weighted by Crippen LogP contribution is 2.02. The summed E-state index contributed by atoms with van der Waals surface area (Å²) in [6.07, 6.45) is 10.6. The first-order chi connectivity index (χ1) is 5.27. The molecular formula is C10H21N. The summed E-state index contributed by atoms with van der Waals surface area (Å²) < 4.78 is 0. The number of allylic oxidation sites excluding steroid dienone is 2. The van der Waals surface area contributed by atoms with Gasteiger partial charge >= 0.3 is 0 Å². The van der Waals surface area contributed by atoms with Gasteiger partial charge in [0.1, 0.15) is 0 Å². The maximum absolute atomic E-state index is 5.62. The maximum Gasteiger partial charge on any atom is 0.00104 e. The topological polar surface area (TPSA) is 26.0 Å². The van der Waals surface area contributed by atoms with Crippen LogP contribution in [0, 0.1) is 0 Å². The van der Waals surface area contributed by atoms with E-state index >= 15 is 0 Å². The molecule has 0 aromatic carbocycles. The van der Waals surface area contributed by atoms with E-state index in [0.29, 0.717) is 6.04 Å². The van der Waals surface area contributed by atoms with Crippen LogP contribution < -0.4 is 5.73 Å². The standard InChI is InChI=1S/C10H21N/c1-3-4-5-6-7-8-9-10(2)11/h4-5,10H,3,6-9,11H2,1-2H3/b5-4-. The third-order valence-corrected chi connectivity index (χ3v) is 1.68. The summed E-state index contributed by atoms with van der Waals surface area (Å²) in [5.74, 6) is 0. The fraction of sp³-hybridized carbons (Fsp3) is 0.800. The van der Waals surface area contributed by atoms with Gasteiger partial charge in [0.05, 0.1) is 0 Å². The van der Waals surface area contributed by atoms with Gasteiger partial charge in [-0.25, -0.2) is 0 Å². The zero-order valence-electron chi connectivity index (χ0n) is 7.84. The zero-order chi connectivity index (χ0) is 8.53. The Labute approximate surface area is 70.7 Å². The second kappa shape index (κ2) is 7.80. The molecule has 1 atom stereocenters. The van der Waals surface area contributed by atoms with Crippen molar-refractivity contribution >= 4 is 0 Å². The molecule has 0 rings (SSSR count). The lowest BCUT2D eigenvalue weighted by Crippen LogP contribution is -2.13. The molecule has 0 aliphatic heterocycles. The van der Waals surface area contributed by atoms with Crippen molar-refractivity contribution in [2.24, 2.45) is 5.73 Å². The highest BCUT2D eigenvalue weighted by molar-refractivity contribution is 4.79. The van der Waals surface area contributed by atoms with Crippen LogP contribution in [0.2, 0.25) is 0 Å². The van der Waals surface area contributed by atoms with E-state index in [2.05, 4.69) is 26.0 Å². The van der Waals surface area contributed by atoms with Crippen LogP contribution in [-0.2, 0) is 0 Å². The Morgan fingerprint density at radius 2 is 2.00 bits per heavy atom. The first kappa shape index (κ1) is 10.7. The van der Waals surface area contributed by atoms with Crippen LogP contribution in [0.5, 0.6) is 0 Å². The molecule has 0 aliphatic rings. The van der Waals surface area contributed by atoms with Crippen molar-refractivity contribution in [3.63, 3.8) is 0 Å². The van der Waals surface area contributed by atoms with Crippen LogP contribution in [0.4, 0.5) is 0 Å². The van der Waals surface area contributed by atoms with Crippen LogP contribution in [0.15, 0.2) is 12.2 Å². The minimum Gasteiger partial charge on any atom is -0.328 e. The monoisotopic (exact) mass is 155 g/mol. The van der Waals surface area contributed by atoms with Crippen molar-refractivity contribution in [1.82, 2.24) is 0 Å². The van der Waals surface area contributed by atoms with Crippen LogP contribution in [0.1, 0.15) is 46.0 Å². The fourth-order valence-electron chi connectivity index (χ4n) is 1.01. The normalized spacial score (nSPS) is 14.1. The molecule has 0 bridgehead atoms. The molecule has 0 saturated heterocycles. The Bertz CT molecular complexity index is 95.0. The Hall–Kier alpha value is -0.300. The second-order valence-corrected chi connectivity index (χ2v) is 3.14. The van der Waals surface area contributed by atoms with Crippen LogP contribution >= 0.6 is 0 Å². The highest BCUT2D eigenvalue weighted by atomic mass is 14.6. The summed E-state index contributed by atoms with van der Waals surface area (Å²) in [4.78, 5) is 0. The number of hydrogen-bond acceptors (Lipinski definition) is 1. The van der Waals surface area contributed by atoms with Crippen LogP contribution in [0.25, 0.3) is 0 Å². The highest BCUT2D eigenvalue weighted by Gasteiger charge is 1.91. The van der Waals surface area contributed by atoms with E-state index in [-0.39, 0.29) is 0 Å². The number of hydrogen-bond donors (Lipinski definition) is 1. The van der Waals surface area contributed by atoms with Gasteiger partial charge in [-0.05, 0) is 32.6 Å². The van der Waals surface area contributed by atoms with Gasteiger partial charge in [-0.2, -0.15) is 0 Å². The Morgan fingerprint density at radius 3 is 2.55 bits per heavy atom. The van der Waals surface area contributed by atoms with Crippen LogP contribution in [-0.4, -0.2) is 6.04 Å². The van der Waals surface area contributed by atoms with Gasteiger partial charge in [-0.3, -0.25) is 0 Å². The molecular weight excluding hydrogens is 134 g/mol. The summed E-state index contributed by atoms with van der Waals surface area (Å²) >= 11 is 0. The predicted molar refractivity (Wildman–Crippen MR) is 51.5 cm³/mol. The minimum atomic E-state index is 0.380. The quantitative estimate of drug-likeness (QED) is 0.463. The van der Waals surface area contributed by atoms with Gasteiger partial charge in [0.15, 0.2) is 0 Å². The summed E-state index contributed by atoms with van der Waals surface area (Å²) in [5, 5.41) is 0. The Morgan fingerprint density at radius 1 is 1.27 bits per heavy atom. The molecule has 0 heterocycles. The number of nitrogens with two attached hydrogens (primary N) is 1. The lowest BCUT2D eigenvalue weighted by Gasteiger charge is -2.01. The molecule has 0 spiro atoms. The molecule has 0 aromatic heterocycles. The fourth-order valence-corrected chi connectivity index (χ4v) is 1.01. The second-order valence-electron chi connectivity index (χ2n) is 3.14. The maximum atomic E-state index is 5.62. The summed E-state index contributed by atoms with van der Waals surface area (Å²) in [6, 6.07) is 0.380. The number of unbranched alkanes of at least 4 members (excludes halogenated alkanes) is 2. The van der Waals surface area contributed by atoms with E-state index in [1.807, 2.05) is 0 Å². The Kier molecular flexibility index (Phi) is 7.59. The van der Waals surface area contributed by atoms with Gasteiger partial charge in [0.2, 0.25) is 0 Å². The molecule has 66 valence electrons. The van der Waals surface area contributed by atoms with E-state index in [1.54, 1.807) is 0 Å². The van der Waals surface area contributed by atoms with Crippen molar-refractivity contribution in [2.45, 2.75) is 52.0 Å². The predicted octanol–water partition coefficient (Wildman–Crippen LogP) is 2.86. The lowest BCUT2D eigenvalue weighted by atomic mass is 10.1. The summed E-state index contributed by atoms with van der Waals surface area (Å²) in [5.41, 5.74) is 5.62. The van der Waals surface area contributed by atoms with E-state index < -0.39 is 0 Å². The van der Waals surface area contributed by atoms with Crippen molar-refractivity contribution in [3.8, 4) is 0 Å². The van der Waals surface area contributed by atoms with Gasteiger partial charge < -0.3 is 5.73 Å². The van der Waals surface area contributed by atoms with E-state index in [4.69, 9.17) is 5.73 Å². The summed E-state index contributed by atoms with van der Waals surface area (Å²) in [7, 11) is 0. The minimum absolute atomic E-state index is 0.380. The van der Waals surface area contributed by atoms with Crippen LogP contribution in [0.3, 0.4) is 0 Å². The molecule has 2 N–H and O–H groups in total. The molecule has 0 fully saturated rings. The lowest BCUT2D eigenvalue weighted by molar-refractivity contribution is 0.601. The molecule has 0 aromatic rings. The zero-order valence-corrected chi connectivity index (χ0v) is 7.84. The molecule has 11 heavy (non-hydrogen) atoms. The molecule has 1 unspecified atom stereocenters. The van der Waals surface area contributed by atoms with Gasteiger partial charge in [-0.1, -0.05) is 25.5 Å². The van der Waals surface area contributed by atoms with Crippen molar-refractivity contribution in [3.05, 3.63) is 12.2 Å². The molecule has 1 nitrogen and oxygen atoms in total. The number of rotatable bonds is 6. The van der Waals surface area contributed by atoms with Gasteiger partial charge in [-0.15, -0.1) is 0 Å². The van der Waals surface area contributed by atoms with E-state index in [9.17, 15) is 0 Å². The molecule has 0 radical (unpaired) electrons. The average Bonchev–Trinajstić information content (AvgIpc) is 1.96. The van der Waals surface area contributed by atoms with Crippen molar-refractivity contribution < 1.29 is 0 Å². The largest absolute Gasteiger partial charge is 0.328 e. The first-order valence-corrected chi connectivity index (χ1v) is 4.68. The van der Waals surface area contributed by atoms with Gasteiger partial charge in [0.25, 0.3) is 0 Å². The van der Waals surface area contributed by atoms with Gasteiger partial charge in [0, 0.05) is 6.04 Å². The van der Waals surface area contributed by atoms with Crippen molar-refractivity contribution in [1.29, 1.82) is 0 Å². The summed E-state index contributed by atoms with van der Waals surface area (Å²) in [6.45, 7) is 4.24. The SMILES string of the molecule is CC/C=C\CCCCC(C)N. The molecule has 0 amide bonds. The average molecular weight is 155 g/mol. The molecule has 0 aliphatic carbocycles. The smallest absolute Gasteiger partial charge is 0.00104 e. The van der Waals surface area contributed by atoms with Crippen molar-refractivity contribution in [2.75, 3.05) is 0 Å². The third-order valence-electron chi connectivity index (χ3n) is 1.68. The van der Waals surface area contributed by atoms with E-state index in [1.165, 1.54) is 25.7 Å². The first-order valence-electron chi connectivity index (χ1n) is 4.68. The Balaban J connectivity index is 2.96. The third kappa shape index (κ3) is 9.70. The molecule has 1 heteroatoms. The molecule has 0 saturated carbocycles. The van der Waals surface area contributed by atoms with E-state index in [0.717, 1.165) is 6.42 Å².